The van der Waals surface area contributed by atoms with E-state index in [1.807, 2.05) is 6.92 Å². The van der Waals surface area contributed by atoms with Crippen molar-refractivity contribution in [2.24, 2.45) is 38.8 Å². The number of rotatable bonds is 48. The van der Waals surface area contributed by atoms with Crippen molar-refractivity contribution in [3.8, 4) is 0 Å². The number of unbranched alkanes of at least 4 members (excludes halogenated alkanes) is 6. The smallest absolute Gasteiger partial charge is 0.407 e. The van der Waals surface area contributed by atoms with E-state index in [9.17, 15) is 73.8 Å². The summed E-state index contributed by atoms with van der Waals surface area (Å²) in [6, 6.07) is -4.61. The van der Waals surface area contributed by atoms with Gasteiger partial charge in [0.05, 0.1) is 84.1 Å². The van der Waals surface area contributed by atoms with Crippen LogP contribution in [0.15, 0.2) is 33.7 Å². The van der Waals surface area contributed by atoms with Gasteiger partial charge in [-0.25, -0.2) is 29.2 Å². The van der Waals surface area contributed by atoms with Crippen LogP contribution in [0.1, 0.15) is 105 Å². The van der Waals surface area contributed by atoms with Gasteiger partial charge < -0.3 is 129 Å². The highest BCUT2D eigenvalue weighted by atomic mass is 16.6. The third kappa shape index (κ3) is 33.4. The van der Waals surface area contributed by atoms with E-state index in [1.54, 1.807) is 6.92 Å². The molecule has 534 valence electrons. The zero-order valence-corrected chi connectivity index (χ0v) is 52.4. The van der Waals surface area contributed by atoms with Crippen LogP contribution in [0.3, 0.4) is 0 Å². The highest BCUT2D eigenvalue weighted by molar-refractivity contribution is 5.91. The van der Waals surface area contributed by atoms with Crippen LogP contribution < -0.4 is 60.2 Å². The van der Waals surface area contributed by atoms with Crippen molar-refractivity contribution in [2.75, 3.05) is 98.8 Å². The van der Waals surface area contributed by atoms with E-state index in [2.05, 4.69) is 47.2 Å². The van der Waals surface area contributed by atoms with Crippen molar-refractivity contribution in [2.45, 2.75) is 159 Å². The summed E-state index contributed by atoms with van der Waals surface area (Å²) in [6.45, 7) is 5.92. The van der Waals surface area contributed by atoms with Crippen LogP contribution in [-0.2, 0) is 71.5 Å². The Kier molecular flexibility index (Phi) is 40.3. The first-order chi connectivity index (χ1) is 43.9. The molecule has 0 radical (unpaired) electrons. The van der Waals surface area contributed by atoms with E-state index in [4.69, 9.17) is 60.8 Å². The topological polar surface area (TPSA) is 562 Å². The number of carboxylic acids is 2. The van der Waals surface area contributed by atoms with Gasteiger partial charge in [-0.05, 0) is 50.7 Å². The summed E-state index contributed by atoms with van der Waals surface area (Å²) < 4.78 is 43.6. The van der Waals surface area contributed by atoms with E-state index in [-0.39, 0.29) is 78.4 Å². The van der Waals surface area contributed by atoms with Gasteiger partial charge in [-0.3, -0.25) is 24.0 Å². The maximum absolute atomic E-state index is 13.4. The third-order valence-electron chi connectivity index (χ3n) is 13.7. The van der Waals surface area contributed by atoms with Crippen molar-refractivity contribution in [1.82, 2.24) is 37.2 Å². The van der Waals surface area contributed by atoms with Gasteiger partial charge in [0.1, 0.15) is 24.4 Å². The van der Waals surface area contributed by atoms with Gasteiger partial charge in [-0.1, -0.05) is 39.5 Å². The molecule has 2 heterocycles. The first-order valence-corrected chi connectivity index (χ1v) is 30.5. The maximum atomic E-state index is 13.4. The van der Waals surface area contributed by atoms with Crippen molar-refractivity contribution in [1.29, 1.82) is 0 Å². The first-order valence-electron chi connectivity index (χ1n) is 30.5. The maximum Gasteiger partial charge on any atom is 0.407 e. The van der Waals surface area contributed by atoms with Crippen molar-refractivity contribution >= 4 is 65.6 Å². The zero-order valence-electron chi connectivity index (χ0n) is 52.4. The molecule has 2 aliphatic rings. The Bertz CT molecular complexity index is 2440. The Morgan fingerprint density at radius 2 is 1.01 bits per heavy atom. The summed E-state index contributed by atoms with van der Waals surface area (Å²) in [5.74, 6) is -8.58. The monoisotopic (exact) mass is 1330 g/mol. The van der Waals surface area contributed by atoms with Crippen molar-refractivity contribution in [3.05, 3.63) is 23.7 Å². The molecule has 0 aromatic rings. The quantitative estimate of drug-likeness (QED) is 0.0163. The Morgan fingerprint density at radius 1 is 0.576 bits per heavy atom. The highest BCUT2D eigenvalue weighted by Gasteiger charge is 2.47. The summed E-state index contributed by atoms with van der Waals surface area (Å²) in [5.41, 5.74) is 22.1. The van der Waals surface area contributed by atoms with Gasteiger partial charge >= 0.3 is 24.1 Å². The molecule has 21 N–H and O–H groups in total. The molecule has 0 aromatic heterocycles. The van der Waals surface area contributed by atoms with Crippen molar-refractivity contribution in [3.63, 3.8) is 0 Å². The summed E-state index contributed by atoms with van der Waals surface area (Å²) >= 11 is 0. The number of alkyl carbamates (subject to hydrolysis) is 2. The number of nitrogens with one attached hydrogen (secondary N) is 7. The Labute approximate surface area is 540 Å². The first kappa shape index (κ1) is 80.2. The molecule has 0 aromatic carbocycles. The summed E-state index contributed by atoms with van der Waals surface area (Å²) in [5, 5.41) is 78.0. The molecule has 2 rings (SSSR count). The molecular formula is C56H107N13O23. The number of ether oxygens (including phenoxy) is 8. The number of aliphatic imine (C=N–C) groups is 2. The highest BCUT2D eigenvalue weighted by Crippen LogP contribution is 2.31. The molecule has 0 spiro atoms. The normalized spacial score (nSPS) is 19.2. The molecule has 36 nitrogen and oxygen atoms in total. The lowest BCUT2D eigenvalue weighted by Gasteiger charge is -2.39. The largest absolute Gasteiger partial charge is 0.479 e. The molecule has 36 heteroatoms. The second-order valence-corrected chi connectivity index (χ2v) is 21.2. The van der Waals surface area contributed by atoms with Crippen LogP contribution in [0.25, 0.3) is 0 Å². The standard InChI is InChI=1S/C56H97N13O23.5H2/c1-4-20-85-22-24-87-26-27-88-25-23-86-21-15-43(76)67-35(50(78)65-30-44(77)62-17-10-6-8-12-18-63-55(83)91-47(38(73)31-70)46-33(2)36(68-53(57)58)28-40(89-46)51(79)80)13-14-42(75)61-16-9-5-7-11-19-64-56(84)92-48(39(74)32-71)49-45(66-34(3)72)37(69-54(59)60)29-41(90-49)52(81)82;;;;;/h28-29,33,35-39,45-49,70-71,73-74H,4-27,30-32H2,1-3H3,(H,61,75)(H,62,77)(H,63,83)(H,64,84)(H,65,78)(H,66,72)(H,67,76)(H,79,80)(H,81,82)(H4,57,58,68)(H4,59,60,69);5*1H/t33-,35-,36+,37+,38-,39-,45-,46-,47-,48-,49-;;;;;/m1...../s1. The van der Waals surface area contributed by atoms with E-state index >= 15 is 0 Å². The Hall–Kier alpha value is -7.87. The lowest BCUT2D eigenvalue weighted by molar-refractivity contribution is -0.147. The van der Waals surface area contributed by atoms with Gasteiger partial charge in [-0.2, -0.15) is 0 Å². The summed E-state index contributed by atoms with van der Waals surface area (Å²) in [4.78, 5) is 122. The number of hydrogen-bond acceptors (Lipinski definition) is 23. The molecular weight excluding hydrogens is 1220 g/mol. The van der Waals surface area contributed by atoms with Gasteiger partial charge in [0, 0.05) is 65.6 Å². The number of amides is 7. The molecule has 92 heavy (non-hydrogen) atoms. The van der Waals surface area contributed by atoms with Gasteiger partial charge in [0.15, 0.2) is 30.2 Å². The second-order valence-electron chi connectivity index (χ2n) is 21.2. The number of aliphatic hydroxyl groups is 4. The Balaban J connectivity index is -0.00000865. The van der Waals surface area contributed by atoms with Gasteiger partial charge in [0.2, 0.25) is 41.1 Å². The number of nitrogens with two attached hydrogens (primary N) is 4. The fourth-order valence-corrected chi connectivity index (χ4v) is 9.04. The lowest BCUT2D eigenvalue weighted by atomic mass is 9.87. The fraction of sp³-hybridized carbons (Fsp3) is 0.732. The van der Waals surface area contributed by atoms with Crippen LogP contribution in [0.5, 0.6) is 0 Å². The minimum Gasteiger partial charge on any atom is -0.479 e. The second kappa shape index (κ2) is 46.2. The van der Waals surface area contributed by atoms with E-state index < -0.39 is 158 Å². The number of aliphatic carboxylic acids is 2. The molecule has 0 saturated carbocycles. The van der Waals surface area contributed by atoms with Crippen molar-refractivity contribution < 1.29 is 119 Å². The average molecular weight is 1330 g/mol. The number of nitrogens with zero attached hydrogens (tertiary/aromatic N) is 2. The molecule has 0 aliphatic carbocycles. The average Bonchev–Trinajstić information content (AvgIpc) is 0.802. The number of hydrogen-bond donors (Lipinski definition) is 17. The van der Waals surface area contributed by atoms with Gasteiger partial charge in [-0.15, -0.1) is 0 Å². The van der Waals surface area contributed by atoms with Crippen LogP contribution in [-0.4, -0.2) is 256 Å². The SMILES string of the molecule is CCCOCCOCCOCCOCCC(=O)N[C@H](CCC(=O)NCCCCCCNC(=O)O[C@@H]([C@@H]1OC(C(=O)O)=C[C@H](N=C(N)N)[C@H]1NC(C)=O)[C@H](O)CO)C(=O)NCC(=O)NCCCCCCNC(=O)O[C@@H]([C@@H]1OC(C(=O)O)=C[C@H](N=C(N)N)[C@H]1C)[C@H](O)CO.[HH].[HH].[HH].[HH].[HH]. The van der Waals surface area contributed by atoms with Crippen LogP contribution >= 0.6 is 0 Å². The van der Waals surface area contributed by atoms with E-state index in [0.717, 1.165) is 19.4 Å². The lowest BCUT2D eigenvalue weighted by Crippen LogP contribution is -2.61. The number of carbonyl (C=O) groups excluding carboxylic acids is 7. The zero-order chi connectivity index (χ0) is 68.4. The van der Waals surface area contributed by atoms with E-state index in [0.29, 0.717) is 84.4 Å². The predicted molar refractivity (Wildman–Crippen MR) is 336 cm³/mol. The Morgan fingerprint density at radius 3 is 1.48 bits per heavy atom. The molecule has 0 saturated heterocycles. The minimum absolute atomic E-state index is 0. The number of carbonyl (C=O) groups is 9. The van der Waals surface area contributed by atoms with Crippen LogP contribution in [0, 0.1) is 5.92 Å². The summed E-state index contributed by atoms with van der Waals surface area (Å²) in [7, 11) is 0. The molecule has 2 aliphatic heterocycles. The van der Waals surface area contributed by atoms with Crippen LogP contribution in [0.2, 0.25) is 0 Å². The number of aliphatic hydroxyl groups excluding tert-OH is 4. The molecule has 7 amide bonds. The fourth-order valence-electron chi connectivity index (χ4n) is 9.04. The third-order valence-corrected chi connectivity index (χ3v) is 13.7. The van der Waals surface area contributed by atoms with E-state index in [1.165, 1.54) is 6.08 Å². The molecule has 0 bridgehead atoms. The minimum atomic E-state index is -1.81. The van der Waals surface area contributed by atoms with Gasteiger partial charge in [0.25, 0.3) is 0 Å². The van der Waals surface area contributed by atoms with Crippen LogP contribution in [0.4, 0.5) is 9.59 Å². The molecule has 0 unspecified atom stereocenters. The number of carboxylic acid groups (broad SMARTS) is 2. The predicted octanol–water partition coefficient (Wildman–Crippen LogP) is -3.13. The number of guanidine groups is 2. The molecule has 11 atom stereocenters. The molecule has 0 fully saturated rings. The summed E-state index contributed by atoms with van der Waals surface area (Å²) in [6.07, 6.45) is -4.63.